The van der Waals surface area contributed by atoms with Crippen molar-refractivity contribution in [3.05, 3.63) is 35.9 Å². The van der Waals surface area contributed by atoms with E-state index < -0.39 is 0 Å². The summed E-state index contributed by atoms with van der Waals surface area (Å²) < 4.78 is 0. The van der Waals surface area contributed by atoms with Gasteiger partial charge in [-0.1, -0.05) is 30.3 Å². The molecular weight excluding hydrogens is 208 g/mol. The lowest BCUT2D eigenvalue weighted by molar-refractivity contribution is 0.316. The van der Waals surface area contributed by atoms with Gasteiger partial charge in [0.15, 0.2) is 0 Å². The Morgan fingerprint density at radius 2 is 2.06 bits per heavy atom. The first kappa shape index (κ1) is 12.6. The predicted molar refractivity (Wildman–Crippen MR) is 73.3 cm³/mol. The molecular formula is C15H24N2. The minimum atomic E-state index is 0.772. The van der Waals surface area contributed by atoms with E-state index in [1.807, 2.05) is 0 Å². The maximum Gasteiger partial charge on any atom is 0.00797 e. The van der Waals surface area contributed by atoms with Crippen LogP contribution in [0, 0.1) is 0 Å². The lowest BCUT2D eigenvalue weighted by Gasteiger charge is -2.19. The van der Waals surface area contributed by atoms with Gasteiger partial charge in [-0.3, -0.25) is 0 Å². The molecule has 17 heavy (non-hydrogen) atoms. The summed E-state index contributed by atoms with van der Waals surface area (Å²) in [4.78, 5) is 2.45. The minimum Gasteiger partial charge on any atom is -0.314 e. The number of benzene rings is 1. The van der Waals surface area contributed by atoms with E-state index in [1.54, 1.807) is 0 Å². The van der Waals surface area contributed by atoms with E-state index in [0.717, 1.165) is 19.0 Å². The van der Waals surface area contributed by atoms with Gasteiger partial charge in [-0.2, -0.15) is 0 Å². The Labute approximate surface area is 105 Å². The van der Waals surface area contributed by atoms with Crippen molar-refractivity contribution in [2.75, 3.05) is 26.7 Å². The summed E-state index contributed by atoms with van der Waals surface area (Å²) >= 11 is 0. The fourth-order valence-corrected chi connectivity index (χ4v) is 2.46. The van der Waals surface area contributed by atoms with Gasteiger partial charge < -0.3 is 10.2 Å². The third-order valence-corrected chi connectivity index (χ3v) is 3.65. The number of likely N-dealkylation sites (N-methyl/N-ethyl adjacent to an activating group) is 1. The molecule has 0 amide bonds. The summed E-state index contributed by atoms with van der Waals surface area (Å²) in [5.41, 5.74) is 1.44. The van der Waals surface area contributed by atoms with Gasteiger partial charge in [0.2, 0.25) is 0 Å². The molecule has 94 valence electrons. The molecule has 1 saturated heterocycles. The van der Waals surface area contributed by atoms with Gasteiger partial charge >= 0.3 is 0 Å². The Hall–Kier alpha value is -0.860. The highest BCUT2D eigenvalue weighted by atomic mass is 15.1. The quantitative estimate of drug-likeness (QED) is 0.809. The second kappa shape index (κ2) is 6.77. The zero-order valence-corrected chi connectivity index (χ0v) is 10.9. The number of hydrogen-bond acceptors (Lipinski definition) is 2. The zero-order chi connectivity index (χ0) is 11.9. The van der Waals surface area contributed by atoms with Crippen molar-refractivity contribution in [2.45, 2.75) is 31.7 Å². The van der Waals surface area contributed by atoms with Crippen LogP contribution in [-0.4, -0.2) is 37.6 Å². The van der Waals surface area contributed by atoms with E-state index in [9.17, 15) is 0 Å². The first-order chi connectivity index (χ1) is 8.34. The van der Waals surface area contributed by atoms with Crippen molar-refractivity contribution in [2.24, 2.45) is 0 Å². The van der Waals surface area contributed by atoms with E-state index in [0.29, 0.717) is 0 Å². The maximum absolute atomic E-state index is 3.56. The molecule has 0 aliphatic carbocycles. The van der Waals surface area contributed by atoms with Crippen LogP contribution in [0.4, 0.5) is 0 Å². The largest absolute Gasteiger partial charge is 0.314 e. The fraction of sp³-hybridized carbons (Fsp3) is 0.600. The summed E-state index contributed by atoms with van der Waals surface area (Å²) in [7, 11) is 2.23. The smallest absolute Gasteiger partial charge is 0.00797 e. The van der Waals surface area contributed by atoms with E-state index in [2.05, 4.69) is 47.6 Å². The molecule has 2 rings (SSSR count). The zero-order valence-electron chi connectivity index (χ0n) is 10.9. The first-order valence-corrected chi connectivity index (χ1v) is 6.80. The average molecular weight is 232 g/mol. The Bertz CT molecular complexity index is 304. The number of hydrogen-bond donors (Lipinski definition) is 1. The molecule has 1 unspecified atom stereocenters. The number of nitrogens with zero attached hydrogens (tertiary/aromatic N) is 1. The molecule has 1 N–H and O–H groups in total. The van der Waals surface area contributed by atoms with Crippen molar-refractivity contribution in [1.82, 2.24) is 10.2 Å². The Morgan fingerprint density at radius 3 is 2.76 bits per heavy atom. The minimum absolute atomic E-state index is 0.772. The number of nitrogens with one attached hydrogen (secondary N) is 1. The standard InChI is InChI=1S/C15H24N2/c1-17(13-10-15-8-5-11-16-15)12-9-14-6-3-2-4-7-14/h2-4,6-7,15-16H,5,8-13H2,1H3. The van der Waals surface area contributed by atoms with E-state index in [-0.39, 0.29) is 0 Å². The van der Waals surface area contributed by atoms with Crippen LogP contribution in [0.15, 0.2) is 30.3 Å². The molecule has 0 radical (unpaired) electrons. The molecule has 1 aromatic rings. The molecule has 1 aliphatic heterocycles. The topological polar surface area (TPSA) is 15.3 Å². The van der Waals surface area contributed by atoms with Crippen LogP contribution < -0.4 is 5.32 Å². The molecule has 1 atom stereocenters. The van der Waals surface area contributed by atoms with Crippen LogP contribution in [0.1, 0.15) is 24.8 Å². The number of rotatable bonds is 6. The normalized spacial score (nSPS) is 20.0. The highest BCUT2D eigenvalue weighted by molar-refractivity contribution is 5.14. The van der Waals surface area contributed by atoms with Crippen molar-refractivity contribution < 1.29 is 0 Å². The summed E-state index contributed by atoms with van der Waals surface area (Å²) in [6.45, 7) is 3.60. The van der Waals surface area contributed by atoms with Gasteiger partial charge in [-0.25, -0.2) is 0 Å². The Balaban J connectivity index is 1.62. The second-order valence-corrected chi connectivity index (χ2v) is 5.12. The fourth-order valence-electron chi connectivity index (χ4n) is 2.46. The monoisotopic (exact) mass is 232 g/mol. The molecule has 1 fully saturated rings. The van der Waals surface area contributed by atoms with Crippen molar-refractivity contribution in [3.8, 4) is 0 Å². The van der Waals surface area contributed by atoms with Crippen molar-refractivity contribution in [1.29, 1.82) is 0 Å². The molecule has 1 aromatic carbocycles. The third-order valence-electron chi connectivity index (χ3n) is 3.65. The van der Waals surface area contributed by atoms with E-state index in [4.69, 9.17) is 0 Å². The summed E-state index contributed by atoms with van der Waals surface area (Å²) in [6.07, 6.45) is 5.19. The van der Waals surface area contributed by atoms with Gasteiger partial charge in [0.25, 0.3) is 0 Å². The highest BCUT2D eigenvalue weighted by Gasteiger charge is 2.13. The Kier molecular flexibility index (Phi) is 5.02. The van der Waals surface area contributed by atoms with Gasteiger partial charge in [-0.15, -0.1) is 0 Å². The van der Waals surface area contributed by atoms with E-state index >= 15 is 0 Å². The van der Waals surface area contributed by atoms with Gasteiger partial charge in [0.05, 0.1) is 0 Å². The first-order valence-electron chi connectivity index (χ1n) is 6.80. The highest BCUT2D eigenvalue weighted by Crippen LogP contribution is 2.09. The lowest BCUT2D eigenvalue weighted by atomic mass is 10.1. The van der Waals surface area contributed by atoms with Crippen LogP contribution in [0.2, 0.25) is 0 Å². The molecule has 2 heteroatoms. The van der Waals surface area contributed by atoms with E-state index in [1.165, 1.54) is 37.9 Å². The summed E-state index contributed by atoms with van der Waals surface area (Å²) in [6, 6.07) is 11.5. The third kappa shape index (κ3) is 4.49. The SMILES string of the molecule is CN(CCc1ccccc1)CCC1CCCN1. The molecule has 0 aromatic heterocycles. The predicted octanol–water partition coefficient (Wildman–Crippen LogP) is 2.30. The molecule has 0 saturated carbocycles. The van der Waals surface area contributed by atoms with Crippen molar-refractivity contribution in [3.63, 3.8) is 0 Å². The molecule has 2 nitrogen and oxygen atoms in total. The lowest BCUT2D eigenvalue weighted by Crippen LogP contribution is -2.29. The van der Waals surface area contributed by atoms with Crippen LogP contribution in [0.5, 0.6) is 0 Å². The van der Waals surface area contributed by atoms with Crippen LogP contribution in [-0.2, 0) is 6.42 Å². The second-order valence-electron chi connectivity index (χ2n) is 5.12. The van der Waals surface area contributed by atoms with Gasteiger partial charge in [0.1, 0.15) is 0 Å². The average Bonchev–Trinajstić information content (AvgIpc) is 2.88. The molecule has 0 spiro atoms. The van der Waals surface area contributed by atoms with Gasteiger partial charge in [-0.05, 0) is 51.4 Å². The Morgan fingerprint density at radius 1 is 1.24 bits per heavy atom. The van der Waals surface area contributed by atoms with Gasteiger partial charge in [0, 0.05) is 12.6 Å². The van der Waals surface area contributed by atoms with Crippen molar-refractivity contribution >= 4 is 0 Å². The molecule has 1 aliphatic rings. The maximum atomic E-state index is 3.56. The van der Waals surface area contributed by atoms with Crippen LogP contribution in [0.3, 0.4) is 0 Å². The summed E-state index contributed by atoms with van der Waals surface area (Å²) in [5.74, 6) is 0. The van der Waals surface area contributed by atoms with Crippen LogP contribution >= 0.6 is 0 Å². The molecule has 1 heterocycles. The van der Waals surface area contributed by atoms with Crippen LogP contribution in [0.25, 0.3) is 0 Å². The summed E-state index contributed by atoms with van der Waals surface area (Å²) in [5, 5.41) is 3.56. The molecule has 0 bridgehead atoms.